The van der Waals surface area contributed by atoms with Crippen LogP contribution in [0.4, 0.5) is 11.5 Å². The normalized spacial score (nSPS) is 11.9. The lowest BCUT2D eigenvalue weighted by atomic mass is 10.1. The van der Waals surface area contributed by atoms with Crippen LogP contribution in [-0.4, -0.2) is 9.91 Å². The minimum absolute atomic E-state index is 0.0225. The first-order valence-electron chi connectivity index (χ1n) is 6.11. The van der Waals surface area contributed by atoms with Crippen LogP contribution in [0.1, 0.15) is 24.1 Å². The third kappa shape index (κ3) is 3.14. The van der Waals surface area contributed by atoms with E-state index in [1.165, 1.54) is 0 Å². The summed E-state index contributed by atoms with van der Waals surface area (Å²) in [5.41, 5.74) is 1.64. The zero-order chi connectivity index (χ0) is 14.7. The van der Waals surface area contributed by atoms with Gasteiger partial charge in [-0.2, -0.15) is 0 Å². The van der Waals surface area contributed by atoms with E-state index in [0.717, 1.165) is 10.0 Å². The summed E-state index contributed by atoms with van der Waals surface area (Å²) in [7, 11) is 0. The van der Waals surface area contributed by atoms with Crippen LogP contribution in [0.5, 0.6) is 0 Å². The van der Waals surface area contributed by atoms with Gasteiger partial charge >= 0.3 is 5.69 Å². The zero-order valence-corrected chi connectivity index (χ0v) is 12.7. The second-order valence-electron chi connectivity index (χ2n) is 4.50. The molecule has 2 rings (SSSR count). The van der Waals surface area contributed by atoms with E-state index in [2.05, 4.69) is 26.2 Å². The topological polar surface area (TPSA) is 68.1 Å². The predicted molar refractivity (Wildman–Crippen MR) is 81.8 cm³/mol. The van der Waals surface area contributed by atoms with E-state index in [1.807, 2.05) is 31.2 Å². The zero-order valence-electron chi connectivity index (χ0n) is 11.1. The highest BCUT2D eigenvalue weighted by Gasteiger charge is 2.20. The van der Waals surface area contributed by atoms with Crippen molar-refractivity contribution >= 4 is 27.4 Å². The number of rotatable bonds is 4. The SMILES string of the molecule is Cc1ccnc(NC(C)c2cccc(Br)c2)c1[N+](=O)[O-]. The summed E-state index contributed by atoms with van der Waals surface area (Å²) in [6, 6.07) is 9.34. The molecule has 0 aliphatic heterocycles. The number of nitrogens with zero attached hydrogens (tertiary/aromatic N) is 2. The summed E-state index contributed by atoms with van der Waals surface area (Å²) >= 11 is 3.41. The van der Waals surface area contributed by atoms with Gasteiger partial charge in [-0.15, -0.1) is 0 Å². The molecule has 1 atom stereocenters. The Bertz CT molecular complexity index is 646. The Hall–Kier alpha value is -1.95. The monoisotopic (exact) mass is 335 g/mol. The fraction of sp³-hybridized carbons (Fsp3) is 0.214. The number of pyridine rings is 1. The summed E-state index contributed by atoms with van der Waals surface area (Å²) in [4.78, 5) is 14.8. The first-order chi connectivity index (χ1) is 9.49. The van der Waals surface area contributed by atoms with Gasteiger partial charge in [-0.05, 0) is 37.6 Å². The molecule has 0 spiro atoms. The average molecular weight is 336 g/mol. The molecular weight excluding hydrogens is 322 g/mol. The predicted octanol–water partition coefficient (Wildman–Crippen LogP) is 4.23. The molecule has 0 fully saturated rings. The number of aromatic nitrogens is 1. The van der Waals surface area contributed by atoms with Crippen molar-refractivity contribution in [3.8, 4) is 0 Å². The van der Waals surface area contributed by atoms with Crippen LogP contribution in [0.25, 0.3) is 0 Å². The van der Waals surface area contributed by atoms with Gasteiger partial charge in [0.1, 0.15) is 0 Å². The molecular formula is C14H14BrN3O2. The van der Waals surface area contributed by atoms with Crippen molar-refractivity contribution in [1.29, 1.82) is 0 Å². The van der Waals surface area contributed by atoms with Gasteiger partial charge < -0.3 is 5.32 Å². The Morgan fingerprint density at radius 1 is 1.40 bits per heavy atom. The molecule has 1 aromatic carbocycles. The summed E-state index contributed by atoms with van der Waals surface area (Å²) in [5.74, 6) is 0.294. The van der Waals surface area contributed by atoms with Gasteiger partial charge in [-0.25, -0.2) is 4.98 Å². The molecule has 0 aliphatic carbocycles. The number of benzene rings is 1. The van der Waals surface area contributed by atoms with Crippen LogP contribution < -0.4 is 5.32 Å². The van der Waals surface area contributed by atoms with Gasteiger partial charge in [-0.1, -0.05) is 28.1 Å². The smallest absolute Gasteiger partial charge is 0.314 e. The van der Waals surface area contributed by atoms with Crippen molar-refractivity contribution in [2.45, 2.75) is 19.9 Å². The van der Waals surface area contributed by atoms with Crippen LogP contribution in [0.15, 0.2) is 41.0 Å². The Balaban J connectivity index is 2.30. The summed E-state index contributed by atoms with van der Waals surface area (Å²) in [6.45, 7) is 3.64. The van der Waals surface area contributed by atoms with Crippen LogP contribution in [0.2, 0.25) is 0 Å². The quantitative estimate of drug-likeness (QED) is 0.670. The molecule has 1 unspecified atom stereocenters. The number of halogens is 1. The fourth-order valence-electron chi connectivity index (χ4n) is 1.95. The molecule has 2 aromatic rings. The average Bonchev–Trinajstić information content (AvgIpc) is 2.38. The van der Waals surface area contributed by atoms with Gasteiger partial charge in [0.05, 0.1) is 11.0 Å². The van der Waals surface area contributed by atoms with E-state index < -0.39 is 4.92 Å². The van der Waals surface area contributed by atoms with Gasteiger partial charge in [0, 0.05) is 16.2 Å². The number of anilines is 1. The third-order valence-corrected chi connectivity index (χ3v) is 3.50. The molecule has 1 heterocycles. The standard InChI is InChI=1S/C14H14BrN3O2/c1-9-6-7-16-14(13(9)18(19)20)17-10(2)11-4-3-5-12(15)8-11/h3-8,10H,1-2H3,(H,16,17). The molecule has 0 amide bonds. The van der Waals surface area contributed by atoms with Crippen molar-refractivity contribution in [2.75, 3.05) is 5.32 Å². The molecule has 0 bridgehead atoms. The highest BCUT2D eigenvalue weighted by molar-refractivity contribution is 9.10. The largest absolute Gasteiger partial charge is 0.358 e. The minimum Gasteiger partial charge on any atom is -0.358 e. The molecule has 0 saturated carbocycles. The number of nitro groups is 1. The molecule has 0 radical (unpaired) electrons. The van der Waals surface area contributed by atoms with Crippen molar-refractivity contribution in [3.63, 3.8) is 0 Å². The molecule has 0 aliphatic rings. The van der Waals surface area contributed by atoms with Crippen molar-refractivity contribution in [2.24, 2.45) is 0 Å². The minimum atomic E-state index is -0.404. The maximum absolute atomic E-state index is 11.1. The molecule has 6 heteroatoms. The van der Waals surface area contributed by atoms with Crippen molar-refractivity contribution in [1.82, 2.24) is 4.98 Å². The number of hydrogen-bond acceptors (Lipinski definition) is 4. The van der Waals surface area contributed by atoms with E-state index in [1.54, 1.807) is 19.2 Å². The Labute approximate surface area is 125 Å². The van der Waals surface area contributed by atoms with E-state index in [9.17, 15) is 10.1 Å². The Kier molecular flexibility index (Phi) is 4.34. The van der Waals surface area contributed by atoms with E-state index in [0.29, 0.717) is 11.4 Å². The summed E-state index contributed by atoms with van der Waals surface area (Å²) < 4.78 is 0.968. The van der Waals surface area contributed by atoms with Gasteiger partial charge in [-0.3, -0.25) is 10.1 Å². The molecule has 0 saturated heterocycles. The lowest BCUT2D eigenvalue weighted by Gasteiger charge is -2.15. The maximum Gasteiger partial charge on any atom is 0.314 e. The van der Waals surface area contributed by atoms with E-state index in [-0.39, 0.29) is 11.7 Å². The molecule has 1 aromatic heterocycles. The van der Waals surface area contributed by atoms with Crippen molar-refractivity contribution < 1.29 is 4.92 Å². The number of hydrogen-bond donors (Lipinski definition) is 1. The lowest BCUT2D eigenvalue weighted by Crippen LogP contribution is -2.10. The summed E-state index contributed by atoms with van der Waals surface area (Å²) in [5, 5.41) is 14.2. The molecule has 5 nitrogen and oxygen atoms in total. The number of aryl methyl sites for hydroxylation is 1. The second-order valence-corrected chi connectivity index (χ2v) is 5.42. The number of nitrogens with one attached hydrogen (secondary N) is 1. The third-order valence-electron chi connectivity index (χ3n) is 3.01. The Morgan fingerprint density at radius 3 is 2.80 bits per heavy atom. The van der Waals surface area contributed by atoms with Crippen molar-refractivity contribution in [3.05, 3.63) is 62.2 Å². The second kappa shape index (κ2) is 6.00. The molecule has 20 heavy (non-hydrogen) atoms. The van der Waals surface area contributed by atoms with E-state index in [4.69, 9.17) is 0 Å². The van der Waals surface area contributed by atoms with Crippen LogP contribution >= 0.6 is 15.9 Å². The first-order valence-corrected chi connectivity index (χ1v) is 6.90. The Morgan fingerprint density at radius 2 is 2.15 bits per heavy atom. The van der Waals surface area contributed by atoms with Crippen LogP contribution in [0, 0.1) is 17.0 Å². The highest BCUT2D eigenvalue weighted by atomic mass is 79.9. The van der Waals surface area contributed by atoms with Gasteiger partial charge in [0.2, 0.25) is 5.82 Å². The van der Waals surface area contributed by atoms with Gasteiger partial charge in [0.15, 0.2) is 0 Å². The van der Waals surface area contributed by atoms with Crippen LogP contribution in [-0.2, 0) is 0 Å². The fourth-order valence-corrected chi connectivity index (χ4v) is 2.37. The molecule has 1 N–H and O–H groups in total. The van der Waals surface area contributed by atoms with E-state index >= 15 is 0 Å². The lowest BCUT2D eigenvalue weighted by molar-refractivity contribution is -0.384. The molecule has 104 valence electrons. The first kappa shape index (κ1) is 14.5. The van der Waals surface area contributed by atoms with Crippen LogP contribution in [0.3, 0.4) is 0 Å². The van der Waals surface area contributed by atoms with Gasteiger partial charge in [0.25, 0.3) is 0 Å². The maximum atomic E-state index is 11.1. The summed E-state index contributed by atoms with van der Waals surface area (Å²) in [6.07, 6.45) is 1.57. The highest BCUT2D eigenvalue weighted by Crippen LogP contribution is 2.29.